The molecule has 0 saturated heterocycles. The third kappa shape index (κ3) is 4.06. The molecular formula is C25H20N2O5. The summed E-state index contributed by atoms with van der Waals surface area (Å²) in [4.78, 5) is 50.7. The molecule has 160 valence electrons. The fourth-order valence-electron chi connectivity index (χ4n) is 3.58. The molecule has 32 heavy (non-hydrogen) atoms. The molecule has 0 bridgehead atoms. The average Bonchev–Trinajstić information content (AvgIpc) is 2.84. The molecule has 0 radical (unpaired) electrons. The molecule has 7 nitrogen and oxygen atoms in total. The summed E-state index contributed by atoms with van der Waals surface area (Å²) in [5.41, 5.74) is 1.97. The monoisotopic (exact) mass is 428 g/mol. The van der Waals surface area contributed by atoms with Crippen LogP contribution in [0.4, 0.5) is 0 Å². The molecule has 3 N–H and O–H groups in total. The first-order valence-corrected chi connectivity index (χ1v) is 10.1. The molecule has 1 aliphatic rings. The lowest BCUT2D eigenvalue weighted by atomic mass is 9.83. The topological polar surface area (TPSA) is 113 Å². The smallest absolute Gasteiger partial charge is 0.252 e. The van der Waals surface area contributed by atoms with Gasteiger partial charge < -0.3 is 15.7 Å². The molecule has 0 heterocycles. The van der Waals surface area contributed by atoms with E-state index in [-0.39, 0.29) is 40.4 Å². The Bertz CT molecular complexity index is 1220. The number of ketones is 2. The van der Waals surface area contributed by atoms with Crippen LogP contribution in [-0.2, 0) is 11.3 Å². The molecule has 3 aromatic carbocycles. The lowest BCUT2D eigenvalue weighted by Gasteiger charge is -2.19. The van der Waals surface area contributed by atoms with Gasteiger partial charge in [0.25, 0.3) is 5.91 Å². The summed E-state index contributed by atoms with van der Waals surface area (Å²) in [5, 5.41) is 14.7. The van der Waals surface area contributed by atoms with Crippen molar-refractivity contribution < 1.29 is 24.3 Å². The highest BCUT2D eigenvalue weighted by molar-refractivity contribution is 6.28. The van der Waals surface area contributed by atoms with Gasteiger partial charge in [-0.2, -0.15) is 0 Å². The van der Waals surface area contributed by atoms with E-state index >= 15 is 0 Å². The molecule has 2 amide bonds. The zero-order valence-corrected chi connectivity index (χ0v) is 17.0. The Morgan fingerprint density at radius 3 is 2.03 bits per heavy atom. The number of nitrogens with one attached hydrogen (secondary N) is 2. The largest absolute Gasteiger partial charge is 0.394 e. The van der Waals surface area contributed by atoms with Crippen LogP contribution in [0.3, 0.4) is 0 Å². The molecule has 7 heteroatoms. The molecule has 0 aromatic heterocycles. The van der Waals surface area contributed by atoms with Gasteiger partial charge >= 0.3 is 0 Å². The van der Waals surface area contributed by atoms with Crippen LogP contribution in [0.1, 0.15) is 47.8 Å². The molecule has 1 aliphatic carbocycles. The minimum atomic E-state index is -1.17. The Hall–Kier alpha value is -4.10. The Morgan fingerprint density at radius 2 is 1.38 bits per heavy atom. The van der Waals surface area contributed by atoms with Gasteiger partial charge in [0.1, 0.15) is 6.04 Å². The normalized spacial score (nSPS) is 13.0. The van der Waals surface area contributed by atoms with Crippen LogP contribution in [0, 0.1) is 0 Å². The lowest BCUT2D eigenvalue weighted by molar-refractivity contribution is -0.124. The Kier molecular flexibility index (Phi) is 5.91. The number of hydrogen-bond donors (Lipinski definition) is 3. The molecule has 3 aromatic rings. The zero-order valence-electron chi connectivity index (χ0n) is 17.0. The number of aliphatic hydroxyl groups excluding tert-OH is 1. The Labute approximate surface area is 184 Å². The summed E-state index contributed by atoms with van der Waals surface area (Å²) < 4.78 is 0. The maximum absolute atomic E-state index is 12.8. The van der Waals surface area contributed by atoms with E-state index in [9.17, 15) is 24.3 Å². The molecule has 0 aliphatic heterocycles. The van der Waals surface area contributed by atoms with Gasteiger partial charge in [-0.3, -0.25) is 19.2 Å². The third-order valence-corrected chi connectivity index (χ3v) is 5.30. The number of rotatable bonds is 6. The van der Waals surface area contributed by atoms with E-state index in [0.717, 1.165) is 5.56 Å². The van der Waals surface area contributed by atoms with Crippen LogP contribution in [0.5, 0.6) is 0 Å². The second-order valence-electron chi connectivity index (χ2n) is 7.38. The quantitative estimate of drug-likeness (QED) is 0.434. The van der Waals surface area contributed by atoms with E-state index in [1.807, 2.05) is 30.3 Å². The predicted molar refractivity (Wildman–Crippen MR) is 116 cm³/mol. The average molecular weight is 428 g/mol. The molecule has 0 saturated carbocycles. The van der Waals surface area contributed by atoms with Crippen molar-refractivity contribution in [2.24, 2.45) is 0 Å². The fourth-order valence-corrected chi connectivity index (χ4v) is 3.58. The van der Waals surface area contributed by atoms with Gasteiger partial charge in [0.15, 0.2) is 11.6 Å². The van der Waals surface area contributed by atoms with E-state index < -0.39 is 24.5 Å². The number of amides is 2. The van der Waals surface area contributed by atoms with E-state index in [1.165, 1.54) is 18.2 Å². The first-order valence-electron chi connectivity index (χ1n) is 10.1. The maximum Gasteiger partial charge on any atom is 0.252 e. The van der Waals surface area contributed by atoms with Crippen molar-refractivity contribution in [3.63, 3.8) is 0 Å². The molecule has 0 spiro atoms. The minimum Gasteiger partial charge on any atom is -0.394 e. The van der Waals surface area contributed by atoms with Crippen LogP contribution in [0.2, 0.25) is 0 Å². The minimum absolute atomic E-state index is 0.110. The van der Waals surface area contributed by atoms with Crippen molar-refractivity contribution in [3.8, 4) is 0 Å². The van der Waals surface area contributed by atoms with Crippen molar-refractivity contribution in [3.05, 3.63) is 106 Å². The van der Waals surface area contributed by atoms with Crippen molar-refractivity contribution in [1.82, 2.24) is 10.6 Å². The number of fused-ring (bicyclic) bond motifs is 2. The van der Waals surface area contributed by atoms with Gasteiger partial charge in [-0.05, 0) is 23.8 Å². The van der Waals surface area contributed by atoms with E-state index in [2.05, 4.69) is 10.6 Å². The van der Waals surface area contributed by atoms with Crippen LogP contribution in [0.15, 0.2) is 72.8 Å². The Morgan fingerprint density at radius 1 is 0.781 bits per heavy atom. The number of benzene rings is 3. The van der Waals surface area contributed by atoms with Crippen LogP contribution in [0.25, 0.3) is 0 Å². The third-order valence-electron chi connectivity index (χ3n) is 5.30. The summed E-state index contributed by atoms with van der Waals surface area (Å²) in [5.74, 6) is -1.80. The number of aliphatic hydroxyl groups is 1. The molecule has 1 atom stereocenters. The van der Waals surface area contributed by atoms with Gasteiger partial charge in [0.2, 0.25) is 5.91 Å². The van der Waals surface area contributed by atoms with Crippen molar-refractivity contribution >= 4 is 23.4 Å². The van der Waals surface area contributed by atoms with Crippen molar-refractivity contribution in [2.45, 2.75) is 12.6 Å². The summed E-state index contributed by atoms with van der Waals surface area (Å²) in [6, 6.07) is 18.8. The first-order chi connectivity index (χ1) is 15.5. The Balaban J connectivity index is 1.49. The molecule has 1 unspecified atom stereocenters. The summed E-state index contributed by atoms with van der Waals surface area (Å²) in [6.45, 7) is -0.344. The highest BCUT2D eigenvalue weighted by atomic mass is 16.3. The van der Waals surface area contributed by atoms with Gasteiger partial charge in [0, 0.05) is 34.4 Å². The van der Waals surface area contributed by atoms with Crippen LogP contribution < -0.4 is 10.6 Å². The van der Waals surface area contributed by atoms with Gasteiger partial charge in [-0.15, -0.1) is 0 Å². The summed E-state index contributed by atoms with van der Waals surface area (Å²) in [7, 11) is 0. The maximum atomic E-state index is 12.8. The van der Waals surface area contributed by atoms with Gasteiger partial charge in [-0.1, -0.05) is 54.6 Å². The predicted octanol–water partition coefficient (Wildman–Crippen LogP) is 1.87. The van der Waals surface area contributed by atoms with E-state index in [1.54, 1.807) is 24.3 Å². The first kappa shape index (κ1) is 21.1. The van der Waals surface area contributed by atoms with Crippen LogP contribution >= 0.6 is 0 Å². The highest BCUT2D eigenvalue weighted by Crippen LogP contribution is 2.27. The summed E-state index contributed by atoms with van der Waals surface area (Å²) >= 11 is 0. The molecule has 0 fully saturated rings. The second-order valence-corrected chi connectivity index (χ2v) is 7.38. The van der Waals surface area contributed by atoms with Gasteiger partial charge in [0.05, 0.1) is 6.61 Å². The number of carbonyl (C=O) groups is 4. The lowest BCUT2D eigenvalue weighted by Crippen LogP contribution is -2.48. The number of carbonyl (C=O) groups excluding carboxylic acids is 4. The van der Waals surface area contributed by atoms with Crippen molar-refractivity contribution in [1.29, 1.82) is 0 Å². The zero-order chi connectivity index (χ0) is 22.7. The van der Waals surface area contributed by atoms with Gasteiger partial charge in [-0.25, -0.2) is 0 Å². The summed E-state index contributed by atoms with van der Waals surface area (Å²) in [6.07, 6.45) is 0. The van der Waals surface area contributed by atoms with Crippen molar-refractivity contribution in [2.75, 3.05) is 6.61 Å². The van der Waals surface area contributed by atoms with Crippen LogP contribution in [-0.4, -0.2) is 41.1 Å². The molecule has 4 rings (SSSR count). The highest BCUT2D eigenvalue weighted by Gasteiger charge is 2.30. The standard InChI is InChI=1S/C25H20N2O5/c28-14-21(25(32)26-13-15-6-2-1-3-7-15)27-24(31)16-10-11-19-20(12-16)23(30)18-9-5-4-8-17(18)22(19)29/h1-12,21,28H,13-14H2,(H,26,32)(H,27,31). The van der Waals surface area contributed by atoms with E-state index in [0.29, 0.717) is 5.56 Å². The molecular weight excluding hydrogens is 408 g/mol. The van der Waals surface area contributed by atoms with E-state index in [4.69, 9.17) is 0 Å². The SMILES string of the molecule is O=C(NC(CO)C(=O)NCc1ccccc1)c1ccc2c(c1)C(=O)c1ccccc1C2=O. The second kappa shape index (κ2) is 8.95. The number of hydrogen-bond acceptors (Lipinski definition) is 5. The fraction of sp³-hybridized carbons (Fsp3) is 0.120.